The van der Waals surface area contributed by atoms with Gasteiger partial charge in [0, 0.05) is 24.4 Å². The van der Waals surface area contributed by atoms with E-state index in [4.69, 9.17) is 4.74 Å². The lowest BCUT2D eigenvalue weighted by atomic mass is 10.2. The molecule has 1 amide bonds. The van der Waals surface area contributed by atoms with E-state index >= 15 is 0 Å². The third kappa shape index (κ3) is 5.06. The van der Waals surface area contributed by atoms with Crippen molar-refractivity contribution in [3.05, 3.63) is 66.5 Å². The van der Waals surface area contributed by atoms with E-state index < -0.39 is 6.61 Å². The number of rotatable bonds is 8. The molecule has 3 aromatic rings. The number of aryl methyl sites for hydroxylation is 1. The minimum Gasteiger partial charge on any atom is -0.493 e. The number of halogens is 2. The highest BCUT2D eigenvalue weighted by molar-refractivity contribution is 5.91. The monoisotopic (exact) mass is 387 g/mol. The van der Waals surface area contributed by atoms with Crippen molar-refractivity contribution in [2.24, 2.45) is 0 Å². The Labute approximate surface area is 160 Å². The van der Waals surface area contributed by atoms with Crippen LogP contribution in [0.4, 0.5) is 14.5 Å². The molecule has 1 N–H and O–H groups in total. The van der Waals surface area contributed by atoms with E-state index in [1.54, 1.807) is 16.9 Å². The van der Waals surface area contributed by atoms with Crippen LogP contribution in [0.5, 0.6) is 11.5 Å². The summed E-state index contributed by atoms with van der Waals surface area (Å²) in [5.74, 6) is -0.230. The number of anilines is 1. The lowest BCUT2D eigenvalue weighted by Crippen LogP contribution is -2.12. The molecule has 8 heteroatoms. The van der Waals surface area contributed by atoms with Gasteiger partial charge >= 0.3 is 6.61 Å². The number of methoxy groups -OCH3 is 1. The lowest BCUT2D eigenvalue weighted by molar-refractivity contribution is -0.116. The number of benzene rings is 2. The van der Waals surface area contributed by atoms with E-state index in [2.05, 4.69) is 15.2 Å². The van der Waals surface area contributed by atoms with E-state index in [-0.39, 0.29) is 23.8 Å². The summed E-state index contributed by atoms with van der Waals surface area (Å²) in [7, 11) is 1.35. The van der Waals surface area contributed by atoms with Crippen molar-refractivity contribution in [3.8, 4) is 17.2 Å². The molecular formula is C20H19F2N3O3. The molecule has 0 radical (unpaired) electrons. The molecule has 1 heterocycles. The number of ether oxygens (including phenoxy) is 2. The Morgan fingerprint density at radius 1 is 1.18 bits per heavy atom. The largest absolute Gasteiger partial charge is 0.493 e. The van der Waals surface area contributed by atoms with Crippen LogP contribution in [0, 0.1) is 0 Å². The number of nitrogens with zero attached hydrogens (tertiary/aromatic N) is 2. The molecule has 2 aromatic carbocycles. The summed E-state index contributed by atoms with van der Waals surface area (Å²) in [5, 5.41) is 6.96. The first-order valence-corrected chi connectivity index (χ1v) is 8.57. The van der Waals surface area contributed by atoms with Gasteiger partial charge in [-0.2, -0.15) is 13.9 Å². The highest BCUT2D eigenvalue weighted by atomic mass is 19.3. The van der Waals surface area contributed by atoms with Crippen LogP contribution in [0.1, 0.15) is 12.0 Å². The molecule has 0 aliphatic heterocycles. The maximum Gasteiger partial charge on any atom is 0.387 e. The average Bonchev–Trinajstić information content (AvgIpc) is 3.16. The number of carbonyl (C=O) groups excluding carboxylic acids is 1. The molecule has 28 heavy (non-hydrogen) atoms. The van der Waals surface area contributed by atoms with Crippen LogP contribution in [-0.2, 0) is 11.2 Å². The highest BCUT2D eigenvalue weighted by Gasteiger charge is 2.13. The van der Waals surface area contributed by atoms with Crippen LogP contribution >= 0.6 is 0 Å². The first-order chi connectivity index (χ1) is 13.5. The van der Waals surface area contributed by atoms with Crippen molar-refractivity contribution in [1.82, 2.24) is 9.78 Å². The number of hydrogen-bond acceptors (Lipinski definition) is 4. The highest BCUT2D eigenvalue weighted by Crippen LogP contribution is 2.31. The Kier molecular flexibility index (Phi) is 6.21. The molecule has 0 spiro atoms. The fourth-order valence-corrected chi connectivity index (χ4v) is 2.64. The van der Waals surface area contributed by atoms with Crippen molar-refractivity contribution in [3.63, 3.8) is 0 Å². The zero-order valence-corrected chi connectivity index (χ0v) is 15.1. The third-order valence-corrected chi connectivity index (χ3v) is 3.96. The van der Waals surface area contributed by atoms with Gasteiger partial charge < -0.3 is 14.8 Å². The molecule has 0 fully saturated rings. The van der Waals surface area contributed by atoms with Gasteiger partial charge in [-0.05, 0) is 36.2 Å². The smallest absolute Gasteiger partial charge is 0.387 e. The minimum absolute atomic E-state index is 0.139. The summed E-state index contributed by atoms with van der Waals surface area (Å²) in [6.45, 7) is -2.99. The van der Waals surface area contributed by atoms with Crippen LogP contribution in [-0.4, -0.2) is 29.4 Å². The van der Waals surface area contributed by atoms with Gasteiger partial charge in [-0.15, -0.1) is 0 Å². The van der Waals surface area contributed by atoms with Crippen LogP contribution in [0.25, 0.3) is 5.69 Å². The van der Waals surface area contributed by atoms with Gasteiger partial charge in [0.25, 0.3) is 0 Å². The van der Waals surface area contributed by atoms with Gasteiger partial charge in [-0.1, -0.05) is 18.2 Å². The van der Waals surface area contributed by atoms with Gasteiger partial charge in [0.15, 0.2) is 11.5 Å². The molecule has 0 aliphatic rings. The Bertz CT molecular complexity index is 929. The second-order valence-electron chi connectivity index (χ2n) is 5.92. The fourth-order valence-electron chi connectivity index (χ4n) is 2.64. The molecule has 0 saturated heterocycles. The maximum atomic E-state index is 12.5. The number of amides is 1. The average molecular weight is 387 g/mol. The summed E-state index contributed by atoms with van der Waals surface area (Å²) in [6, 6.07) is 14.0. The maximum absolute atomic E-state index is 12.5. The van der Waals surface area contributed by atoms with E-state index in [1.807, 2.05) is 36.5 Å². The van der Waals surface area contributed by atoms with Gasteiger partial charge in [0.2, 0.25) is 5.91 Å². The molecule has 0 unspecified atom stereocenters. The predicted molar refractivity (Wildman–Crippen MR) is 100 cm³/mol. The van der Waals surface area contributed by atoms with E-state index in [0.29, 0.717) is 12.1 Å². The van der Waals surface area contributed by atoms with Crippen molar-refractivity contribution in [2.75, 3.05) is 12.4 Å². The number of nitrogens with one attached hydrogen (secondary N) is 1. The van der Waals surface area contributed by atoms with Crippen LogP contribution in [0.3, 0.4) is 0 Å². The van der Waals surface area contributed by atoms with Crippen LogP contribution in [0.2, 0.25) is 0 Å². The normalized spacial score (nSPS) is 10.7. The second kappa shape index (κ2) is 8.98. The molecular weight excluding hydrogens is 368 g/mol. The van der Waals surface area contributed by atoms with Gasteiger partial charge in [-0.3, -0.25) is 4.79 Å². The molecule has 0 saturated carbocycles. The standard InChI is InChI=1S/C20H19F2N3O3/c1-27-17-9-8-15(11-18(17)28-20(21)22)24-19(26)10-7-14-12-23-25(13-14)16-5-3-2-4-6-16/h2-6,8-9,11-13,20H,7,10H2,1H3,(H,24,26). The minimum atomic E-state index is -2.99. The van der Waals surface area contributed by atoms with E-state index in [9.17, 15) is 13.6 Å². The first kappa shape index (κ1) is 19.3. The predicted octanol–water partition coefficient (Wildman–Crippen LogP) is 4.05. The molecule has 0 aliphatic carbocycles. The van der Waals surface area contributed by atoms with E-state index in [0.717, 1.165) is 11.3 Å². The summed E-state index contributed by atoms with van der Waals surface area (Å²) in [6.07, 6.45) is 4.29. The zero-order chi connectivity index (χ0) is 19.9. The second-order valence-corrected chi connectivity index (χ2v) is 5.92. The molecule has 0 bridgehead atoms. The fraction of sp³-hybridized carbons (Fsp3) is 0.200. The van der Waals surface area contributed by atoms with Gasteiger partial charge in [-0.25, -0.2) is 4.68 Å². The molecule has 1 aromatic heterocycles. The number of para-hydroxylation sites is 1. The summed E-state index contributed by atoms with van der Waals surface area (Å²) >= 11 is 0. The molecule has 6 nitrogen and oxygen atoms in total. The van der Waals surface area contributed by atoms with Crippen molar-refractivity contribution < 1.29 is 23.0 Å². The number of carbonyl (C=O) groups is 1. The van der Waals surface area contributed by atoms with Crippen LogP contribution < -0.4 is 14.8 Å². The molecule has 146 valence electrons. The Morgan fingerprint density at radius 2 is 1.96 bits per heavy atom. The Balaban J connectivity index is 1.58. The molecule has 0 atom stereocenters. The van der Waals surface area contributed by atoms with Crippen molar-refractivity contribution in [1.29, 1.82) is 0 Å². The van der Waals surface area contributed by atoms with Gasteiger partial charge in [0.05, 0.1) is 19.0 Å². The summed E-state index contributed by atoms with van der Waals surface area (Å²) in [4.78, 5) is 12.2. The summed E-state index contributed by atoms with van der Waals surface area (Å²) in [5.41, 5.74) is 2.19. The Morgan fingerprint density at radius 3 is 2.68 bits per heavy atom. The summed E-state index contributed by atoms with van der Waals surface area (Å²) < 4.78 is 36.1. The first-order valence-electron chi connectivity index (χ1n) is 8.57. The number of aromatic nitrogens is 2. The van der Waals surface area contributed by atoms with Crippen molar-refractivity contribution >= 4 is 11.6 Å². The SMILES string of the molecule is COc1ccc(NC(=O)CCc2cnn(-c3ccccc3)c2)cc1OC(F)F. The van der Waals surface area contributed by atoms with Gasteiger partial charge in [0.1, 0.15) is 0 Å². The van der Waals surface area contributed by atoms with Crippen LogP contribution in [0.15, 0.2) is 60.9 Å². The third-order valence-electron chi connectivity index (χ3n) is 3.96. The van der Waals surface area contributed by atoms with E-state index in [1.165, 1.54) is 19.2 Å². The number of alkyl halides is 2. The number of hydrogen-bond donors (Lipinski definition) is 1. The lowest BCUT2D eigenvalue weighted by Gasteiger charge is -2.12. The topological polar surface area (TPSA) is 65.4 Å². The van der Waals surface area contributed by atoms with Crippen molar-refractivity contribution in [2.45, 2.75) is 19.5 Å². The Hall–Kier alpha value is -3.42. The quantitative estimate of drug-likeness (QED) is 0.633. The molecule has 3 rings (SSSR count). The zero-order valence-electron chi connectivity index (χ0n) is 15.1.